The monoisotopic (exact) mass is 437 g/mol. The molecule has 0 radical (unpaired) electrons. The molecule has 0 aliphatic carbocycles. The number of fused-ring (bicyclic) bond motifs is 3. The van der Waals surface area contributed by atoms with E-state index in [2.05, 4.69) is 0 Å². The SMILES string of the molecule is [2H]c1c2c(c([2H])c(OC)c1OC([2H])([2H])[2H])C1([2H])N(CC2)C([2H])([2H])C([2H])(CC(C)C)C(OC(=O)[C@@]([2H])(N)C([2H])(C([2H])([2H])[2H])C([2H])([2H])[2H])C1([2H])[2H]. The van der Waals surface area contributed by atoms with E-state index in [0.717, 1.165) is 7.11 Å². The third-order valence-corrected chi connectivity index (χ3v) is 4.61. The maximum absolute atomic E-state index is 13.7. The molecular formula is C24H38N2O4. The van der Waals surface area contributed by atoms with Crippen LogP contribution in [0.1, 0.15) is 83.5 Å². The van der Waals surface area contributed by atoms with Crippen molar-refractivity contribution in [3.63, 3.8) is 0 Å². The van der Waals surface area contributed by atoms with Gasteiger partial charge in [0.05, 0.1) is 23.7 Å². The zero-order valence-electron chi connectivity index (χ0n) is 35.9. The molecule has 0 spiro atoms. The van der Waals surface area contributed by atoms with Crippen molar-refractivity contribution in [2.24, 2.45) is 23.4 Å². The number of hydrogen-bond donors (Lipinski definition) is 1. The molecular weight excluding hydrogens is 380 g/mol. The summed E-state index contributed by atoms with van der Waals surface area (Å²) in [6.45, 7) is -8.65. The molecule has 4 atom stereocenters. The van der Waals surface area contributed by atoms with Crippen molar-refractivity contribution < 1.29 is 45.0 Å². The van der Waals surface area contributed by atoms with Crippen LogP contribution >= 0.6 is 0 Å². The number of rotatable bonds is 7. The van der Waals surface area contributed by atoms with E-state index < -0.39 is 118 Å². The van der Waals surface area contributed by atoms with Crippen molar-refractivity contribution in [2.75, 3.05) is 27.2 Å². The van der Waals surface area contributed by atoms with E-state index in [1.807, 2.05) is 0 Å². The van der Waals surface area contributed by atoms with Gasteiger partial charge in [0.1, 0.15) is 12.1 Å². The molecule has 1 aromatic rings. The first-order chi connectivity index (χ1) is 21.6. The molecule has 6 nitrogen and oxygen atoms in total. The van der Waals surface area contributed by atoms with Crippen LogP contribution < -0.4 is 15.2 Å². The van der Waals surface area contributed by atoms with E-state index in [-0.39, 0.29) is 12.0 Å². The summed E-state index contributed by atoms with van der Waals surface area (Å²) in [5, 5.41) is 0. The molecule has 3 rings (SSSR count). The molecule has 1 fully saturated rings. The second-order valence-corrected chi connectivity index (χ2v) is 7.27. The average molecular weight is 438 g/mol. The van der Waals surface area contributed by atoms with E-state index >= 15 is 0 Å². The molecule has 0 bridgehead atoms. The molecule has 3 unspecified atom stereocenters. The van der Waals surface area contributed by atoms with E-state index in [1.54, 1.807) is 0 Å². The van der Waals surface area contributed by atoms with E-state index in [0.29, 0.717) is 4.90 Å². The first-order valence-electron chi connectivity index (χ1n) is 18.8. The van der Waals surface area contributed by atoms with Gasteiger partial charge < -0.3 is 19.9 Å². The summed E-state index contributed by atoms with van der Waals surface area (Å²) in [6, 6.07) is -8.87. The Bertz CT molecular complexity index is 1460. The highest BCUT2D eigenvalue weighted by Gasteiger charge is 2.41. The predicted octanol–water partition coefficient (Wildman–Crippen LogP) is 3.56. The first-order valence-corrected chi connectivity index (χ1v) is 9.31. The topological polar surface area (TPSA) is 74.0 Å². The maximum atomic E-state index is 13.7. The van der Waals surface area contributed by atoms with Crippen molar-refractivity contribution in [3.05, 3.63) is 23.2 Å². The largest absolute Gasteiger partial charge is 0.493 e. The van der Waals surface area contributed by atoms with Crippen molar-refractivity contribution in [1.29, 1.82) is 0 Å². The van der Waals surface area contributed by atoms with Crippen LogP contribution in [0.2, 0.25) is 0 Å². The second-order valence-electron chi connectivity index (χ2n) is 7.27. The Labute approximate surface area is 207 Å². The highest BCUT2D eigenvalue weighted by molar-refractivity contribution is 5.76. The van der Waals surface area contributed by atoms with Gasteiger partial charge in [-0.15, -0.1) is 0 Å². The normalized spacial score (nSPS) is 45.1. The van der Waals surface area contributed by atoms with Crippen LogP contribution in [-0.2, 0) is 16.0 Å². The summed E-state index contributed by atoms with van der Waals surface area (Å²) in [4.78, 5) is 14.3. The summed E-state index contributed by atoms with van der Waals surface area (Å²) in [6.07, 6.45) is -7.34. The van der Waals surface area contributed by atoms with Crippen LogP contribution in [0.5, 0.6) is 11.5 Å². The summed E-state index contributed by atoms with van der Waals surface area (Å²) in [5.41, 5.74) is 4.62. The quantitative estimate of drug-likeness (QED) is 0.658. The van der Waals surface area contributed by atoms with Crippen LogP contribution in [0.15, 0.2) is 12.1 Å². The Morgan fingerprint density at radius 2 is 2.20 bits per heavy atom. The van der Waals surface area contributed by atoms with Crippen molar-refractivity contribution in [2.45, 2.75) is 64.9 Å². The van der Waals surface area contributed by atoms with Gasteiger partial charge >= 0.3 is 5.97 Å². The molecule has 30 heavy (non-hydrogen) atoms. The fourth-order valence-electron chi connectivity index (χ4n) is 3.25. The van der Waals surface area contributed by atoms with Crippen LogP contribution in [0.3, 0.4) is 0 Å². The zero-order valence-corrected chi connectivity index (χ0v) is 16.9. The summed E-state index contributed by atoms with van der Waals surface area (Å²) >= 11 is 0. The Balaban J connectivity index is 2.43. The third-order valence-electron chi connectivity index (χ3n) is 4.61. The lowest BCUT2D eigenvalue weighted by Gasteiger charge is -2.47. The van der Waals surface area contributed by atoms with E-state index in [4.69, 9.17) is 37.8 Å². The molecule has 1 saturated heterocycles. The van der Waals surface area contributed by atoms with Crippen LogP contribution in [0, 0.1) is 17.7 Å². The number of ether oxygens (including phenoxy) is 3. The van der Waals surface area contributed by atoms with Gasteiger partial charge in [0.2, 0.25) is 0 Å². The lowest BCUT2D eigenvalue weighted by molar-refractivity contribution is -0.160. The molecule has 6 heteroatoms. The Morgan fingerprint density at radius 3 is 2.87 bits per heavy atom. The number of nitrogens with zero attached hydrogens (tertiary/aromatic N) is 1. The highest BCUT2D eigenvalue weighted by atomic mass is 16.5. The highest BCUT2D eigenvalue weighted by Crippen LogP contribution is 2.44. The minimum atomic E-state index is -4.10. The lowest BCUT2D eigenvalue weighted by atomic mass is 9.79. The van der Waals surface area contributed by atoms with Crippen molar-refractivity contribution >= 4 is 5.97 Å². The molecule has 2 N–H and O–H groups in total. The number of methoxy groups -OCH3 is 2. The molecule has 0 aromatic heterocycles. The number of esters is 1. The lowest BCUT2D eigenvalue weighted by Crippen LogP contribution is -2.51. The molecule has 2 heterocycles. The number of piperidine rings is 1. The van der Waals surface area contributed by atoms with Gasteiger partial charge in [-0.3, -0.25) is 9.69 Å². The van der Waals surface area contributed by atoms with Gasteiger partial charge in [-0.2, -0.15) is 0 Å². The average Bonchev–Trinajstić information content (AvgIpc) is 2.90. The molecule has 0 amide bonds. The second kappa shape index (κ2) is 9.56. The molecule has 0 saturated carbocycles. The Hall–Kier alpha value is -1.79. The van der Waals surface area contributed by atoms with Gasteiger partial charge in [-0.25, -0.2) is 0 Å². The van der Waals surface area contributed by atoms with E-state index in [9.17, 15) is 13.0 Å². The predicted molar refractivity (Wildman–Crippen MR) is 118 cm³/mol. The molecule has 1 aromatic carbocycles. The van der Waals surface area contributed by atoms with Gasteiger partial charge in [-0.1, -0.05) is 27.6 Å². The summed E-state index contributed by atoms with van der Waals surface area (Å²) in [7, 11) is -2.18. The molecule has 168 valence electrons. The van der Waals surface area contributed by atoms with Gasteiger partial charge in [0.15, 0.2) is 11.5 Å². The summed E-state index contributed by atoms with van der Waals surface area (Å²) in [5.74, 6) is -11.5. The molecule has 2 aliphatic heterocycles. The zero-order chi connectivity index (χ0) is 38.5. The van der Waals surface area contributed by atoms with Crippen molar-refractivity contribution in [1.82, 2.24) is 4.90 Å². The van der Waals surface area contributed by atoms with Gasteiger partial charge in [0.25, 0.3) is 0 Å². The number of benzene rings is 1. The first kappa shape index (κ1) is 8.62. The van der Waals surface area contributed by atoms with Crippen LogP contribution in [0.25, 0.3) is 0 Å². The van der Waals surface area contributed by atoms with Gasteiger partial charge in [0, 0.05) is 47.8 Å². The fourth-order valence-corrected chi connectivity index (χ4v) is 3.25. The maximum Gasteiger partial charge on any atom is 0.323 e. The minimum absolute atomic E-state index is 0.328. The van der Waals surface area contributed by atoms with Crippen LogP contribution in [-0.4, -0.2) is 50.2 Å². The van der Waals surface area contributed by atoms with Crippen LogP contribution in [0.4, 0.5) is 0 Å². The number of carbonyl (C=O) groups is 1. The summed E-state index contributed by atoms with van der Waals surface area (Å²) < 4.78 is 174. The number of carbonyl (C=O) groups excluding carboxylic acids is 1. The Morgan fingerprint density at radius 1 is 1.43 bits per heavy atom. The number of hydrogen-bond acceptors (Lipinski definition) is 6. The third kappa shape index (κ3) is 4.75. The van der Waals surface area contributed by atoms with Gasteiger partial charge in [-0.05, 0) is 47.9 Å². The Kier molecular flexibility index (Phi) is 2.75. The standard InChI is InChI=1S/C24H38N2O4/c1-14(2)9-17-13-26-8-7-16-10-21(28-5)22(29-6)11-18(16)19(26)12-20(17)30-24(27)23(25)15(3)4/h10-11,14-15,17,19-20,23H,7-9,12-13,25H2,1-6H3/t17?,19?,20?,23-/m0/s1/i3D3,4D3,5D3,10D,11D,12D2,13D2,15D,17D,19D,23D. The van der Waals surface area contributed by atoms with E-state index in [1.165, 1.54) is 13.8 Å². The minimum Gasteiger partial charge on any atom is -0.493 e. The smallest absolute Gasteiger partial charge is 0.323 e. The fraction of sp³-hybridized carbons (Fsp3) is 0.708. The van der Waals surface area contributed by atoms with Crippen molar-refractivity contribution in [3.8, 4) is 11.5 Å². The number of nitrogens with two attached hydrogens (primary N) is 1. The molecule has 2 aliphatic rings.